The summed E-state index contributed by atoms with van der Waals surface area (Å²) in [5.74, 6) is -1.20. The van der Waals surface area contributed by atoms with Gasteiger partial charge < -0.3 is 15.4 Å². The Labute approximate surface area is 225 Å². The molecule has 0 atom stereocenters. The van der Waals surface area contributed by atoms with Crippen molar-refractivity contribution in [2.24, 2.45) is 5.14 Å². The average Bonchev–Trinajstić information content (AvgIpc) is 2.91. The first kappa shape index (κ1) is 28.4. The predicted molar refractivity (Wildman–Crippen MR) is 136 cm³/mol. The first-order valence-corrected chi connectivity index (χ1v) is 12.9. The number of hydrogen-bond donors (Lipinski definition) is 3. The minimum atomic E-state index is -4.64. The number of carbonyl (C=O) groups excluding carboxylic acids is 1. The number of anilines is 2. The number of nitrogens with zero attached hydrogens (tertiary/aromatic N) is 3. The molecule has 0 saturated heterocycles. The lowest BCUT2D eigenvalue weighted by atomic mass is 10.1. The number of halogens is 4. The van der Waals surface area contributed by atoms with E-state index in [1.54, 1.807) is 0 Å². The number of nitrogens with two attached hydrogens (primary N) is 1. The number of sulfonamides is 1. The fourth-order valence-electron chi connectivity index (χ4n) is 3.29. The van der Waals surface area contributed by atoms with Crippen molar-refractivity contribution in [3.63, 3.8) is 0 Å². The molecule has 1 aromatic heterocycles. The van der Waals surface area contributed by atoms with E-state index in [0.717, 1.165) is 0 Å². The Balaban J connectivity index is 1.58. The zero-order chi connectivity index (χ0) is 28.9. The number of alkyl halides is 3. The number of nitrogens with one attached hydrogen (secondary N) is 2. The van der Waals surface area contributed by atoms with E-state index < -0.39 is 40.5 Å². The maximum atomic E-state index is 13.2. The highest BCUT2D eigenvalue weighted by Crippen LogP contribution is 2.23. The smallest absolute Gasteiger partial charge is 0.422 e. The Morgan fingerprint density at radius 3 is 2.30 bits per heavy atom. The van der Waals surface area contributed by atoms with E-state index >= 15 is 0 Å². The number of ether oxygens (including phenoxy) is 1. The second-order valence-electron chi connectivity index (χ2n) is 8.25. The van der Waals surface area contributed by atoms with Crippen LogP contribution in [0.4, 0.5) is 29.2 Å². The van der Waals surface area contributed by atoms with E-state index in [1.807, 2.05) is 0 Å². The number of carbonyl (C=O) groups is 1. The van der Waals surface area contributed by atoms with Crippen molar-refractivity contribution in [2.45, 2.75) is 17.6 Å². The summed E-state index contributed by atoms with van der Waals surface area (Å²) >= 11 is 0. The van der Waals surface area contributed by atoms with Gasteiger partial charge in [-0.05, 0) is 54.1 Å². The van der Waals surface area contributed by atoms with Crippen LogP contribution in [-0.4, -0.2) is 42.1 Å². The Morgan fingerprint density at radius 1 is 0.950 bits per heavy atom. The van der Waals surface area contributed by atoms with Crippen LogP contribution in [0.15, 0.2) is 77.7 Å². The quantitative estimate of drug-likeness (QED) is 0.252. The molecule has 3 aromatic carbocycles. The SMILES string of the molecule is NS(=O)(=O)c1ccc(NC(=O)c2cccc(-c3nc(NCc4ccc(F)cc4)nc(OCC(F)(F)F)n3)c2)cc1. The minimum Gasteiger partial charge on any atom is -0.454 e. The van der Waals surface area contributed by atoms with Gasteiger partial charge in [-0.25, -0.2) is 17.9 Å². The Bertz CT molecular complexity index is 1620. The number of rotatable bonds is 9. The lowest BCUT2D eigenvalue weighted by Gasteiger charge is -2.12. The summed E-state index contributed by atoms with van der Waals surface area (Å²) in [5.41, 5.74) is 1.35. The van der Waals surface area contributed by atoms with Crippen LogP contribution in [-0.2, 0) is 16.6 Å². The van der Waals surface area contributed by atoms with Crippen LogP contribution >= 0.6 is 0 Å². The maximum Gasteiger partial charge on any atom is 0.422 e. The van der Waals surface area contributed by atoms with Crippen LogP contribution in [0.3, 0.4) is 0 Å². The molecule has 0 unspecified atom stereocenters. The summed E-state index contributed by atoms with van der Waals surface area (Å²) < 4.78 is 79.0. The van der Waals surface area contributed by atoms with E-state index in [4.69, 9.17) is 9.88 Å². The van der Waals surface area contributed by atoms with Crippen LogP contribution in [0.1, 0.15) is 15.9 Å². The van der Waals surface area contributed by atoms with Gasteiger partial charge in [-0.1, -0.05) is 24.3 Å². The molecule has 0 aliphatic carbocycles. The normalized spacial score (nSPS) is 11.6. The summed E-state index contributed by atoms with van der Waals surface area (Å²) in [5, 5.41) is 10.5. The van der Waals surface area contributed by atoms with Gasteiger partial charge >= 0.3 is 12.2 Å². The number of benzene rings is 3. The van der Waals surface area contributed by atoms with Crippen LogP contribution in [0.25, 0.3) is 11.4 Å². The topological polar surface area (TPSA) is 149 Å². The molecule has 1 amide bonds. The molecule has 0 bridgehead atoms. The van der Waals surface area contributed by atoms with Gasteiger partial charge in [0.25, 0.3) is 5.91 Å². The molecule has 40 heavy (non-hydrogen) atoms. The highest BCUT2D eigenvalue weighted by Gasteiger charge is 2.29. The van der Waals surface area contributed by atoms with Crippen LogP contribution in [0, 0.1) is 5.82 Å². The first-order valence-electron chi connectivity index (χ1n) is 11.3. The zero-order valence-electron chi connectivity index (χ0n) is 20.3. The molecule has 0 fully saturated rings. The predicted octanol–water partition coefficient (Wildman–Crippen LogP) is 4.13. The largest absolute Gasteiger partial charge is 0.454 e. The third-order valence-corrected chi connectivity index (χ3v) is 6.10. The molecular weight excluding hydrogens is 556 g/mol. The molecule has 208 valence electrons. The summed E-state index contributed by atoms with van der Waals surface area (Å²) in [4.78, 5) is 24.7. The highest BCUT2D eigenvalue weighted by molar-refractivity contribution is 7.89. The van der Waals surface area contributed by atoms with Gasteiger partial charge in [0.1, 0.15) is 5.82 Å². The van der Waals surface area contributed by atoms with Gasteiger partial charge in [-0.3, -0.25) is 4.79 Å². The number of amides is 1. The van der Waals surface area contributed by atoms with Gasteiger partial charge in [0.2, 0.25) is 16.0 Å². The molecule has 4 rings (SSSR count). The summed E-state index contributed by atoms with van der Waals surface area (Å²) in [6.07, 6.45) is -4.64. The van der Waals surface area contributed by atoms with Crippen molar-refractivity contribution in [1.82, 2.24) is 15.0 Å². The summed E-state index contributed by atoms with van der Waals surface area (Å²) in [6, 6.07) is 16.0. The minimum absolute atomic E-state index is 0.0825. The van der Waals surface area contributed by atoms with Gasteiger partial charge in [-0.2, -0.15) is 28.1 Å². The van der Waals surface area contributed by atoms with E-state index in [1.165, 1.54) is 72.8 Å². The maximum absolute atomic E-state index is 13.2. The van der Waals surface area contributed by atoms with Crippen LogP contribution in [0.2, 0.25) is 0 Å². The van der Waals surface area contributed by atoms with Gasteiger partial charge in [0.15, 0.2) is 12.4 Å². The van der Waals surface area contributed by atoms with Gasteiger partial charge in [0, 0.05) is 23.4 Å². The third-order valence-electron chi connectivity index (χ3n) is 5.17. The second-order valence-corrected chi connectivity index (χ2v) is 9.81. The van der Waals surface area contributed by atoms with Crippen molar-refractivity contribution in [3.05, 3.63) is 89.7 Å². The molecule has 4 N–H and O–H groups in total. The Morgan fingerprint density at radius 2 is 1.65 bits per heavy atom. The lowest BCUT2D eigenvalue weighted by Crippen LogP contribution is -2.20. The zero-order valence-corrected chi connectivity index (χ0v) is 21.1. The fraction of sp³-hybridized carbons (Fsp3) is 0.120. The monoisotopic (exact) mass is 576 g/mol. The highest BCUT2D eigenvalue weighted by atomic mass is 32.2. The number of primary sulfonamides is 1. The summed E-state index contributed by atoms with van der Waals surface area (Å²) in [6.45, 7) is -1.52. The van der Waals surface area contributed by atoms with E-state index in [9.17, 15) is 30.8 Å². The lowest BCUT2D eigenvalue weighted by molar-refractivity contribution is -0.154. The van der Waals surface area contributed by atoms with Crippen LogP contribution < -0.4 is 20.5 Å². The van der Waals surface area contributed by atoms with Crippen molar-refractivity contribution in [3.8, 4) is 17.4 Å². The van der Waals surface area contributed by atoms with Crippen molar-refractivity contribution < 1.29 is 35.5 Å². The molecule has 0 aliphatic heterocycles. The standard InChI is InChI=1S/C25H20F4N6O4S/c26-18-6-4-15(5-7-18)13-31-23-33-21(34-24(35-23)39-14-25(27,28)29)16-2-1-3-17(12-16)22(36)32-19-8-10-20(11-9-19)40(30,37)38/h1-12H,13-14H2,(H,32,36)(H2,30,37,38)(H,31,33,34,35). The fourth-order valence-corrected chi connectivity index (χ4v) is 3.81. The molecule has 0 aliphatic rings. The number of hydrogen-bond acceptors (Lipinski definition) is 8. The van der Waals surface area contributed by atoms with E-state index in [0.29, 0.717) is 5.56 Å². The number of aromatic nitrogens is 3. The van der Waals surface area contributed by atoms with Crippen molar-refractivity contribution in [1.29, 1.82) is 0 Å². The molecule has 0 radical (unpaired) electrons. The summed E-state index contributed by atoms with van der Waals surface area (Å²) in [7, 11) is -3.90. The molecule has 1 heterocycles. The molecular formula is C25H20F4N6O4S. The molecule has 4 aromatic rings. The Hall–Kier alpha value is -4.63. The molecule has 10 nitrogen and oxygen atoms in total. The van der Waals surface area contributed by atoms with Gasteiger partial charge in [-0.15, -0.1) is 0 Å². The second kappa shape index (κ2) is 11.6. The third kappa shape index (κ3) is 7.94. The molecule has 15 heteroatoms. The average molecular weight is 577 g/mol. The van der Waals surface area contributed by atoms with E-state index in [-0.39, 0.29) is 40.0 Å². The van der Waals surface area contributed by atoms with Crippen molar-refractivity contribution >= 4 is 27.6 Å². The van der Waals surface area contributed by atoms with Crippen molar-refractivity contribution in [2.75, 3.05) is 17.2 Å². The Kier molecular flexibility index (Phi) is 8.25. The molecule has 0 spiro atoms. The molecule has 0 saturated carbocycles. The van der Waals surface area contributed by atoms with Gasteiger partial charge in [0.05, 0.1) is 4.90 Å². The first-order chi connectivity index (χ1) is 18.9. The van der Waals surface area contributed by atoms with Crippen LogP contribution in [0.5, 0.6) is 6.01 Å². The van der Waals surface area contributed by atoms with E-state index in [2.05, 4.69) is 25.6 Å².